The van der Waals surface area contributed by atoms with Gasteiger partial charge in [-0.1, -0.05) is 0 Å². The number of nitrogens with zero attached hydrogens (tertiary/aromatic N) is 2. The summed E-state index contributed by atoms with van der Waals surface area (Å²) in [7, 11) is 0. The van der Waals surface area contributed by atoms with E-state index in [1.165, 1.54) is 6.42 Å². The third-order valence-corrected chi connectivity index (χ3v) is 5.63. The third-order valence-electron chi connectivity index (χ3n) is 5.63. The van der Waals surface area contributed by atoms with Crippen molar-refractivity contribution in [3.8, 4) is 0 Å². The first kappa shape index (κ1) is 11.9. The van der Waals surface area contributed by atoms with Gasteiger partial charge in [-0.25, -0.2) is 0 Å². The highest BCUT2D eigenvalue weighted by atomic mass is 16.3. The first-order valence-corrected chi connectivity index (χ1v) is 7.59. The Morgan fingerprint density at radius 3 is 2.89 bits per heavy atom. The van der Waals surface area contributed by atoms with Crippen LogP contribution in [0, 0.1) is 11.8 Å². The number of hydrogen-bond donors (Lipinski definition) is 1. The Kier molecular flexibility index (Phi) is 2.71. The maximum absolute atomic E-state index is 11.6. The maximum Gasteiger partial charge on any atom is 0.159 e. The summed E-state index contributed by atoms with van der Waals surface area (Å²) in [6, 6.07) is 0.994. The number of carbonyl (C=O) groups excluding carboxylic acids is 1. The Labute approximate surface area is 114 Å². The molecule has 0 amide bonds. The van der Waals surface area contributed by atoms with E-state index in [4.69, 9.17) is 0 Å². The summed E-state index contributed by atoms with van der Waals surface area (Å²) in [5.41, 5.74) is 0. The van der Waals surface area contributed by atoms with Gasteiger partial charge in [-0.3, -0.25) is 9.69 Å². The highest BCUT2D eigenvalue weighted by molar-refractivity contribution is 5.90. The molecule has 0 aliphatic carbocycles. The topological polar surface area (TPSA) is 43.8 Å². The highest BCUT2D eigenvalue weighted by Gasteiger charge is 2.47. The lowest BCUT2D eigenvalue weighted by atomic mass is 9.71. The van der Waals surface area contributed by atoms with Crippen molar-refractivity contribution in [3.63, 3.8) is 0 Å². The summed E-state index contributed by atoms with van der Waals surface area (Å²) in [5.74, 6) is 1.60. The molecule has 3 fully saturated rings. The fourth-order valence-electron chi connectivity index (χ4n) is 4.73. The van der Waals surface area contributed by atoms with Crippen LogP contribution in [-0.4, -0.2) is 58.5 Å². The molecular formula is C15H22N2O2. The third kappa shape index (κ3) is 1.93. The minimum absolute atomic E-state index is 0.103. The zero-order chi connectivity index (χ0) is 13.0. The molecule has 4 aliphatic rings. The van der Waals surface area contributed by atoms with Gasteiger partial charge >= 0.3 is 0 Å². The molecule has 0 saturated carbocycles. The van der Waals surface area contributed by atoms with Gasteiger partial charge in [0, 0.05) is 44.3 Å². The molecule has 0 radical (unpaired) electrons. The first-order chi connectivity index (χ1) is 9.20. The number of hydrogen-bond acceptors (Lipinski definition) is 4. The van der Waals surface area contributed by atoms with Crippen molar-refractivity contribution < 1.29 is 9.90 Å². The van der Waals surface area contributed by atoms with Crippen LogP contribution in [0.1, 0.15) is 25.7 Å². The van der Waals surface area contributed by atoms with Crippen molar-refractivity contribution in [1.29, 1.82) is 0 Å². The molecule has 0 spiro atoms. The minimum Gasteiger partial charge on any atom is -0.393 e. The lowest BCUT2D eigenvalue weighted by Gasteiger charge is -2.56. The smallest absolute Gasteiger partial charge is 0.159 e. The van der Waals surface area contributed by atoms with Crippen LogP contribution in [-0.2, 0) is 4.79 Å². The van der Waals surface area contributed by atoms with Gasteiger partial charge in [0.1, 0.15) is 0 Å². The second-order valence-electron chi connectivity index (χ2n) is 6.75. The summed E-state index contributed by atoms with van der Waals surface area (Å²) in [4.78, 5) is 16.6. The quantitative estimate of drug-likeness (QED) is 0.695. The van der Waals surface area contributed by atoms with Crippen LogP contribution in [0.4, 0.5) is 0 Å². The van der Waals surface area contributed by atoms with Gasteiger partial charge in [-0.15, -0.1) is 0 Å². The van der Waals surface area contributed by atoms with E-state index >= 15 is 0 Å². The van der Waals surface area contributed by atoms with Crippen LogP contribution in [0.5, 0.6) is 0 Å². The van der Waals surface area contributed by atoms with E-state index in [-0.39, 0.29) is 11.9 Å². The number of aliphatic hydroxyl groups is 1. The van der Waals surface area contributed by atoms with E-state index in [1.807, 2.05) is 6.20 Å². The number of piperidine rings is 3. The van der Waals surface area contributed by atoms with E-state index in [2.05, 4.69) is 9.80 Å². The number of aliphatic hydroxyl groups excluding tert-OH is 1. The van der Waals surface area contributed by atoms with Gasteiger partial charge in [0.05, 0.1) is 6.10 Å². The molecule has 104 valence electrons. The van der Waals surface area contributed by atoms with E-state index < -0.39 is 0 Å². The summed E-state index contributed by atoms with van der Waals surface area (Å²) < 4.78 is 0. The molecule has 4 nitrogen and oxygen atoms in total. The van der Waals surface area contributed by atoms with E-state index in [1.54, 1.807) is 6.08 Å². The lowest BCUT2D eigenvalue weighted by molar-refractivity contribution is -0.120. The number of fused-ring (bicyclic) bond motifs is 6. The minimum atomic E-state index is -0.103. The fraction of sp³-hybridized carbons (Fsp3) is 0.800. The van der Waals surface area contributed by atoms with Gasteiger partial charge in [0.2, 0.25) is 0 Å². The van der Waals surface area contributed by atoms with E-state index in [0.29, 0.717) is 30.3 Å². The Bertz CT molecular complexity index is 422. The molecule has 19 heavy (non-hydrogen) atoms. The maximum atomic E-state index is 11.6. The molecule has 0 aromatic carbocycles. The molecule has 1 unspecified atom stereocenters. The van der Waals surface area contributed by atoms with Crippen molar-refractivity contribution in [2.75, 3.05) is 19.6 Å². The predicted octanol–water partition coefficient (Wildman–Crippen LogP) is 0.618. The van der Waals surface area contributed by atoms with Crippen LogP contribution in [0.3, 0.4) is 0 Å². The molecule has 3 saturated heterocycles. The van der Waals surface area contributed by atoms with Crippen molar-refractivity contribution in [3.05, 3.63) is 12.3 Å². The Hall–Kier alpha value is -0.870. The summed E-state index contributed by atoms with van der Waals surface area (Å²) in [5, 5.41) is 9.91. The Morgan fingerprint density at radius 2 is 2.00 bits per heavy atom. The van der Waals surface area contributed by atoms with Gasteiger partial charge in [0.15, 0.2) is 5.78 Å². The Balaban J connectivity index is 1.59. The van der Waals surface area contributed by atoms with Crippen molar-refractivity contribution in [2.45, 2.75) is 43.9 Å². The van der Waals surface area contributed by atoms with E-state index in [9.17, 15) is 9.90 Å². The van der Waals surface area contributed by atoms with Crippen molar-refractivity contribution >= 4 is 5.78 Å². The van der Waals surface area contributed by atoms with Crippen LogP contribution < -0.4 is 0 Å². The monoisotopic (exact) mass is 262 g/mol. The first-order valence-electron chi connectivity index (χ1n) is 7.59. The fourth-order valence-corrected chi connectivity index (χ4v) is 4.73. The molecular weight excluding hydrogens is 240 g/mol. The van der Waals surface area contributed by atoms with Gasteiger partial charge in [-0.05, 0) is 37.2 Å². The number of carbonyl (C=O) groups is 1. The normalized spacial score (nSPS) is 45.8. The number of allylic oxidation sites excluding steroid dienone is 1. The van der Waals surface area contributed by atoms with Gasteiger partial charge in [-0.2, -0.15) is 0 Å². The molecule has 0 aromatic heterocycles. The zero-order valence-corrected chi connectivity index (χ0v) is 11.2. The van der Waals surface area contributed by atoms with Crippen molar-refractivity contribution in [2.24, 2.45) is 11.8 Å². The van der Waals surface area contributed by atoms with Crippen LogP contribution in [0.25, 0.3) is 0 Å². The molecule has 4 aliphatic heterocycles. The Morgan fingerprint density at radius 1 is 1.16 bits per heavy atom. The summed E-state index contributed by atoms with van der Waals surface area (Å²) in [6.45, 7) is 3.23. The average molecular weight is 262 g/mol. The summed E-state index contributed by atoms with van der Waals surface area (Å²) >= 11 is 0. The molecule has 4 heterocycles. The molecule has 0 aromatic rings. The second kappa shape index (κ2) is 4.32. The van der Waals surface area contributed by atoms with Gasteiger partial charge < -0.3 is 10.0 Å². The predicted molar refractivity (Wildman–Crippen MR) is 71.5 cm³/mol. The summed E-state index contributed by atoms with van der Waals surface area (Å²) in [6.07, 6.45) is 7.47. The second-order valence-corrected chi connectivity index (χ2v) is 6.75. The van der Waals surface area contributed by atoms with Crippen LogP contribution in [0.15, 0.2) is 12.3 Å². The van der Waals surface area contributed by atoms with Crippen LogP contribution in [0.2, 0.25) is 0 Å². The van der Waals surface area contributed by atoms with Gasteiger partial charge in [0.25, 0.3) is 0 Å². The molecule has 5 atom stereocenters. The van der Waals surface area contributed by atoms with E-state index in [0.717, 1.165) is 32.5 Å². The largest absolute Gasteiger partial charge is 0.393 e. The lowest BCUT2D eigenvalue weighted by Crippen LogP contribution is -2.63. The molecule has 4 rings (SSSR count). The SMILES string of the molecule is O=C1C=CN2C[C@@H]3CC(CN4CC[C@H](O)C[C@@H]34)[C@H]2C1. The zero-order valence-electron chi connectivity index (χ0n) is 11.2. The molecule has 2 bridgehead atoms. The van der Waals surface area contributed by atoms with Crippen LogP contribution >= 0.6 is 0 Å². The van der Waals surface area contributed by atoms with Crippen molar-refractivity contribution in [1.82, 2.24) is 9.80 Å². The highest BCUT2D eigenvalue weighted by Crippen LogP contribution is 2.42. The molecule has 4 heteroatoms. The number of ketones is 1. The number of rotatable bonds is 0. The standard InChI is InChI=1S/C15H22N2O2/c18-12-1-3-16-8-10-5-11(14(16)6-12)9-17-4-2-13(19)7-15(10)17/h1,3,10-11,13-15,19H,2,4-9H2/t10-,11?,13-,14+,15-/m0/s1. The average Bonchev–Trinajstić information content (AvgIpc) is 2.41. The molecule has 1 N–H and O–H groups in total.